The molecule has 7 heteroatoms. The van der Waals surface area contributed by atoms with Gasteiger partial charge in [-0.2, -0.15) is 0 Å². The van der Waals surface area contributed by atoms with Gasteiger partial charge in [0.15, 0.2) is 0 Å². The van der Waals surface area contributed by atoms with Gasteiger partial charge in [-0.15, -0.1) is 4.91 Å². The first-order valence-corrected chi connectivity index (χ1v) is 5.53. The molecule has 0 amide bonds. The molecule has 0 fully saturated rings. The van der Waals surface area contributed by atoms with Crippen LogP contribution in [-0.4, -0.2) is 22.9 Å². The minimum atomic E-state index is -1.30. The molecule has 0 spiro atoms. The first kappa shape index (κ1) is 13.7. The number of carbonyl (C=O) groups excluding carboxylic acids is 1. The largest absolute Gasteiger partial charge is 0.434 e. The Balaban J connectivity index is 2.89. The minimum absolute atomic E-state index is 0.594. The number of alkyl halides is 2. The van der Waals surface area contributed by atoms with Gasteiger partial charge in [0.2, 0.25) is 11.1 Å². The van der Waals surface area contributed by atoms with Gasteiger partial charge in [-0.25, -0.2) is 9.80 Å². The van der Waals surface area contributed by atoms with Crippen LogP contribution in [0, 0.1) is 4.91 Å². The Kier molecular flexibility index (Phi) is 5.18. The fourth-order valence-electron chi connectivity index (χ4n) is 1.18. The van der Waals surface area contributed by atoms with Crippen molar-refractivity contribution in [2.24, 2.45) is 5.29 Å². The number of nitroso groups, excluding NO2 is 1. The van der Waals surface area contributed by atoms with Gasteiger partial charge < -0.3 is 4.74 Å². The monoisotopic (exact) mass is 276 g/mol. The van der Waals surface area contributed by atoms with E-state index in [0.29, 0.717) is 5.56 Å². The molecule has 0 aliphatic carbocycles. The molecule has 1 atom stereocenters. The van der Waals surface area contributed by atoms with Crippen LogP contribution in [0.5, 0.6) is 0 Å². The normalized spacial score (nSPS) is 12.0. The number of hydrogen-bond acceptors (Lipinski definition) is 4. The lowest BCUT2D eigenvalue weighted by atomic mass is 10.2. The van der Waals surface area contributed by atoms with Crippen LogP contribution >= 0.6 is 23.2 Å². The predicted octanol–water partition coefficient (Wildman–Crippen LogP) is 2.65. The van der Waals surface area contributed by atoms with Crippen LogP contribution in [0.25, 0.3) is 0 Å². The number of ether oxygens (including phenoxy) is 1. The lowest BCUT2D eigenvalue weighted by molar-refractivity contribution is -0.157. The van der Waals surface area contributed by atoms with Crippen molar-refractivity contribution >= 4 is 29.2 Å². The highest BCUT2D eigenvalue weighted by molar-refractivity contribution is 6.52. The van der Waals surface area contributed by atoms with Crippen molar-refractivity contribution in [3.8, 4) is 0 Å². The molecule has 0 heterocycles. The van der Waals surface area contributed by atoms with E-state index < -0.39 is 17.0 Å². The molecule has 0 aliphatic heterocycles. The lowest BCUT2D eigenvalue weighted by Gasteiger charge is -2.23. The van der Waals surface area contributed by atoms with E-state index in [0.717, 1.165) is 5.01 Å². The highest BCUT2D eigenvalue weighted by Crippen LogP contribution is 2.22. The van der Waals surface area contributed by atoms with Gasteiger partial charge in [0.05, 0.1) is 5.29 Å². The van der Waals surface area contributed by atoms with E-state index in [4.69, 9.17) is 27.9 Å². The Bertz CT molecular complexity index is 386. The molecule has 1 aromatic carbocycles. The van der Waals surface area contributed by atoms with E-state index >= 15 is 0 Å². The van der Waals surface area contributed by atoms with Gasteiger partial charge in [-0.1, -0.05) is 53.5 Å². The summed E-state index contributed by atoms with van der Waals surface area (Å²) < 4.78 is 4.98. The molecule has 0 saturated heterocycles. The van der Waals surface area contributed by atoms with Crippen LogP contribution in [0.1, 0.15) is 11.8 Å². The maximum Gasteiger partial charge on any atom is 0.341 e. The van der Waals surface area contributed by atoms with Gasteiger partial charge >= 0.3 is 5.97 Å². The average molecular weight is 277 g/mol. The quantitative estimate of drug-likeness (QED) is 0.273. The summed E-state index contributed by atoms with van der Waals surface area (Å²) in [4.78, 5) is 20.5. The zero-order chi connectivity index (χ0) is 12.8. The van der Waals surface area contributed by atoms with Crippen LogP contribution in [-0.2, 0) is 9.53 Å². The summed E-state index contributed by atoms with van der Waals surface area (Å²) in [6, 6.07) is 8.66. The number of carbonyl (C=O) groups is 1. The van der Waals surface area contributed by atoms with Crippen LogP contribution in [0.3, 0.4) is 0 Å². The van der Waals surface area contributed by atoms with Gasteiger partial charge in [0, 0.05) is 12.6 Å². The predicted molar refractivity (Wildman–Crippen MR) is 64.3 cm³/mol. The number of hydrogen-bond donors (Lipinski definition) is 0. The zero-order valence-electron chi connectivity index (χ0n) is 8.92. The van der Waals surface area contributed by atoms with E-state index in [2.05, 4.69) is 5.29 Å². The van der Waals surface area contributed by atoms with Crippen molar-refractivity contribution in [2.75, 3.05) is 7.05 Å². The van der Waals surface area contributed by atoms with Gasteiger partial charge in [0.1, 0.15) is 0 Å². The van der Waals surface area contributed by atoms with Gasteiger partial charge in [-0.3, -0.25) is 0 Å². The van der Waals surface area contributed by atoms with Gasteiger partial charge in [-0.05, 0) is 0 Å². The highest BCUT2D eigenvalue weighted by atomic mass is 35.5. The molecule has 5 nitrogen and oxygen atoms in total. The van der Waals surface area contributed by atoms with Crippen LogP contribution in [0.4, 0.5) is 0 Å². The Labute approximate surface area is 108 Å². The van der Waals surface area contributed by atoms with Crippen molar-refractivity contribution in [3.05, 3.63) is 40.8 Å². The molecule has 0 saturated carbocycles. The van der Waals surface area contributed by atoms with Crippen molar-refractivity contribution in [1.29, 1.82) is 0 Å². The van der Waals surface area contributed by atoms with Crippen LogP contribution in [0.15, 0.2) is 35.6 Å². The third-order valence-electron chi connectivity index (χ3n) is 1.96. The third kappa shape index (κ3) is 3.87. The SMILES string of the molecule is CN(N=O)C(OC(=O)C(Cl)Cl)c1ccccc1. The molecule has 17 heavy (non-hydrogen) atoms. The summed E-state index contributed by atoms with van der Waals surface area (Å²) in [5.74, 6) is -0.835. The standard InChI is InChI=1S/C10H10Cl2N2O3/c1-14(13-16)9(17-10(15)8(11)12)7-5-3-2-4-6-7/h2-6,8-9H,1H3. The Morgan fingerprint density at radius 3 is 2.41 bits per heavy atom. The lowest BCUT2D eigenvalue weighted by Crippen LogP contribution is -2.26. The van der Waals surface area contributed by atoms with Crippen molar-refractivity contribution in [2.45, 2.75) is 11.1 Å². The molecule has 0 aliphatic rings. The molecule has 92 valence electrons. The Hall–Kier alpha value is -1.33. The molecule has 1 unspecified atom stereocenters. The van der Waals surface area contributed by atoms with E-state index in [1.807, 2.05) is 0 Å². The van der Waals surface area contributed by atoms with Crippen LogP contribution in [0.2, 0.25) is 0 Å². The second-order valence-electron chi connectivity index (χ2n) is 3.16. The molecular weight excluding hydrogens is 267 g/mol. The summed E-state index contributed by atoms with van der Waals surface area (Å²) in [6.07, 6.45) is -0.943. The van der Waals surface area contributed by atoms with E-state index in [1.165, 1.54) is 7.05 Å². The second kappa shape index (κ2) is 6.42. The van der Waals surface area contributed by atoms with Crippen molar-refractivity contribution < 1.29 is 9.53 Å². The van der Waals surface area contributed by atoms with E-state index in [9.17, 15) is 9.70 Å². The summed E-state index contributed by atoms with van der Waals surface area (Å²) in [7, 11) is 1.38. The summed E-state index contributed by atoms with van der Waals surface area (Å²) in [5, 5.41) is 3.66. The fraction of sp³-hybridized carbons (Fsp3) is 0.300. The minimum Gasteiger partial charge on any atom is -0.434 e. The van der Waals surface area contributed by atoms with E-state index in [-0.39, 0.29) is 0 Å². The number of nitrogens with zero attached hydrogens (tertiary/aromatic N) is 2. The first-order valence-electron chi connectivity index (χ1n) is 4.66. The summed E-state index contributed by atoms with van der Waals surface area (Å²) >= 11 is 10.7. The summed E-state index contributed by atoms with van der Waals surface area (Å²) in [5.41, 5.74) is 0.594. The molecule has 0 aromatic heterocycles. The first-order chi connectivity index (χ1) is 8.06. The number of rotatable bonds is 5. The summed E-state index contributed by atoms with van der Waals surface area (Å²) in [6.45, 7) is 0. The fourth-order valence-corrected chi connectivity index (χ4v) is 1.28. The highest BCUT2D eigenvalue weighted by Gasteiger charge is 2.24. The molecule has 1 aromatic rings. The average Bonchev–Trinajstić information content (AvgIpc) is 2.35. The smallest absolute Gasteiger partial charge is 0.341 e. The molecule has 0 N–H and O–H groups in total. The maximum absolute atomic E-state index is 11.3. The van der Waals surface area contributed by atoms with Crippen molar-refractivity contribution in [1.82, 2.24) is 5.01 Å². The number of esters is 1. The second-order valence-corrected chi connectivity index (χ2v) is 4.25. The number of benzene rings is 1. The topological polar surface area (TPSA) is 59.0 Å². The number of halogens is 2. The maximum atomic E-state index is 11.3. The third-order valence-corrected chi connectivity index (χ3v) is 2.32. The molecule has 0 bridgehead atoms. The van der Waals surface area contributed by atoms with E-state index in [1.54, 1.807) is 30.3 Å². The molecule has 0 radical (unpaired) electrons. The van der Waals surface area contributed by atoms with Crippen LogP contribution < -0.4 is 0 Å². The Morgan fingerprint density at radius 2 is 1.94 bits per heavy atom. The molecule has 1 rings (SSSR count). The molecular formula is C10H10Cl2N2O3. The Morgan fingerprint density at radius 1 is 1.35 bits per heavy atom. The zero-order valence-corrected chi connectivity index (χ0v) is 10.4. The van der Waals surface area contributed by atoms with Gasteiger partial charge in [0.25, 0.3) is 0 Å². The van der Waals surface area contributed by atoms with Crippen molar-refractivity contribution in [3.63, 3.8) is 0 Å².